The average Bonchev–Trinajstić information content (AvgIpc) is 2.37. The fraction of sp³-hybridized carbons (Fsp3) is 0.385. The van der Waals surface area contributed by atoms with Crippen molar-refractivity contribution >= 4 is 11.9 Å². The standard InChI is InChI=1S/C13H17NO4/c1-9(8-18-3)14(2)12(15)10-5-4-6-11(7-10)13(16)17/h4-7,9H,8H2,1-3H3,(H,16,17). The number of carbonyl (C=O) groups excluding carboxylic acids is 1. The van der Waals surface area contributed by atoms with E-state index in [0.29, 0.717) is 12.2 Å². The van der Waals surface area contributed by atoms with Crippen LogP contribution < -0.4 is 0 Å². The molecule has 0 aliphatic rings. The largest absolute Gasteiger partial charge is 0.478 e. The Morgan fingerprint density at radius 2 is 2.00 bits per heavy atom. The Hall–Kier alpha value is -1.88. The number of rotatable bonds is 5. The van der Waals surface area contributed by atoms with Gasteiger partial charge in [-0.2, -0.15) is 0 Å². The van der Waals surface area contributed by atoms with E-state index >= 15 is 0 Å². The summed E-state index contributed by atoms with van der Waals surface area (Å²) in [6.45, 7) is 2.29. The van der Waals surface area contributed by atoms with Crippen LogP contribution in [0.1, 0.15) is 27.6 Å². The maximum Gasteiger partial charge on any atom is 0.335 e. The fourth-order valence-electron chi connectivity index (χ4n) is 1.54. The van der Waals surface area contributed by atoms with Gasteiger partial charge in [0.1, 0.15) is 0 Å². The molecule has 0 bridgehead atoms. The van der Waals surface area contributed by atoms with Crippen LogP contribution in [0.4, 0.5) is 0 Å². The summed E-state index contributed by atoms with van der Waals surface area (Å²) in [6, 6.07) is 5.92. The van der Waals surface area contributed by atoms with Crippen molar-refractivity contribution in [1.82, 2.24) is 4.90 Å². The van der Waals surface area contributed by atoms with Gasteiger partial charge in [-0.15, -0.1) is 0 Å². The molecule has 98 valence electrons. The van der Waals surface area contributed by atoms with Gasteiger partial charge in [0.05, 0.1) is 18.2 Å². The van der Waals surface area contributed by atoms with Crippen LogP contribution in [0.3, 0.4) is 0 Å². The van der Waals surface area contributed by atoms with Gasteiger partial charge in [-0.25, -0.2) is 4.79 Å². The topological polar surface area (TPSA) is 66.8 Å². The summed E-state index contributed by atoms with van der Waals surface area (Å²) in [4.78, 5) is 24.5. The smallest absolute Gasteiger partial charge is 0.335 e. The molecular weight excluding hydrogens is 234 g/mol. The molecule has 5 heteroatoms. The highest BCUT2D eigenvalue weighted by Crippen LogP contribution is 2.10. The van der Waals surface area contributed by atoms with Crippen LogP contribution in [0.5, 0.6) is 0 Å². The predicted octanol–water partition coefficient (Wildman–Crippen LogP) is 1.49. The first-order chi connectivity index (χ1) is 8.47. The highest BCUT2D eigenvalue weighted by atomic mass is 16.5. The van der Waals surface area contributed by atoms with E-state index in [1.165, 1.54) is 17.0 Å². The number of carbonyl (C=O) groups is 2. The van der Waals surface area contributed by atoms with Crippen molar-refractivity contribution in [2.45, 2.75) is 13.0 Å². The first-order valence-corrected chi connectivity index (χ1v) is 5.56. The summed E-state index contributed by atoms with van der Waals surface area (Å²) in [6.07, 6.45) is 0. The lowest BCUT2D eigenvalue weighted by atomic mass is 10.1. The monoisotopic (exact) mass is 251 g/mol. The van der Waals surface area contributed by atoms with Crippen LogP contribution in [0, 0.1) is 0 Å². The summed E-state index contributed by atoms with van der Waals surface area (Å²) >= 11 is 0. The molecule has 0 saturated carbocycles. The number of aromatic carboxylic acids is 1. The van der Waals surface area contributed by atoms with Crippen LogP contribution in [0.15, 0.2) is 24.3 Å². The molecule has 1 unspecified atom stereocenters. The van der Waals surface area contributed by atoms with Crippen molar-refractivity contribution in [2.75, 3.05) is 20.8 Å². The number of likely N-dealkylation sites (N-methyl/N-ethyl adjacent to an activating group) is 1. The van der Waals surface area contributed by atoms with E-state index in [1.54, 1.807) is 26.3 Å². The highest BCUT2D eigenvalue weighted by Gasteiger charge is 2.18. The SMILES string of the molecule is COCC(C)N(C)C(=O)c1cccc(C(=O)O)c1. The summed E-state index contributed by atoms with van der Waals surface area (Å²) in [5.41, 5.74) is 0.467. The molecule has 0 radical (unpaired) electrons. The number of ether oxygens (including phenoxy) is 1. The van der Waals surface area contributed by atoms with Gasteiger partial charge in [-0.3, -0.25) is 4.79 Å². The van der Waals surface area contributed by atoms with E-state index in [2.05, 4.69) is 0 Å². The molecule has 0 aliphatic carbocycles. The molecule has 5 nitrogen and oxygen atoms in total. The zero-order chi connectivity index (χ0) is 13.7. The molecule has 0 aromatic heterocycles. The van der Waals surface area contributed by atoms with Gasteiger partial charge >= 0.3 is 5.97 Å². The average molecular weight is 251 g/mol. The van der Waals surface area contributed by atoms with Crippen molar-refractivity contribution in [3.63, 3.8) is 0 Å². The summed E-state index contributed by atoms with van der Waals surface area (Å²) in [5.74, 6) is -1.26. The van der Waals surface area contributed by atoms with Crippen molar-refractivity contribution in [1.29, 1.82) is 0 Å². The lowest BCUT2D eigenvalue weighted by molar-refractivity contribution is 0.0633. The third kappa shape index (κ3) is 3.30. The second-order valence-corrected chi connectivity index (χ2v) is 4.11. The molecule has 1 N–H and O–H groups in total. The molecule has 0 aliphatic heterocycles. The number of carboxylic acids is 1. The van der Waals surface area contributed by atoms with E-state index in [0.717, 1.165) is 0 Å². The predicted molar refractivity (Wildman–Crippen MR) is 66.8 cm³/mol. The van der Waals surface area contributed by atoms with Gasteiger partial charge in [-0.05, 0) is 25.1 Å². The summed E-state index contributed by atoms with van der Waals surface area (Å²) < 4.78 is 4.98. The Labute approximate surface area is 106 Å². The van der Waals surface area contributed by atoms with E-state index in [-0.39, 0.29) is 17.5 Å². The van der Waals surface area contributed by atoms with Crippen LogP contribution in [0.25, 0.3) is 0 Å². The van der Waals surface area contributed by atoms with Gasteiger partial charge in [0.25, 0.3) is 5.91 Å². The molecular formula is C13H17NO4. The Morgan fingerprint density at radius 3 is 2.56 bits per heavy atom. The number of benzene rings is 1. The first-order valence-electron chi connectivity index (χ1n) is 5.56. The lowest BCUT2D eigenvalue weighted by Crippen LogP contribution is -2.37. The summed E-state index contributed by atoms with van der Waals surface area (Å²) in [7, 11) is 3.24. The van der Waals surface area contributed by atoms with E-state index < -0.39 is 5.97 Å². The van der Waals surface area contributed by atoms with Crippen LogP contribution in [-0.4, -0.2) is 48.7 Å². The number of methoxy groups -OCH3 is 1. The normalized spacial score (nSPS) is 11.9. The first kappa shape index (κ1) is 14.2. The van der Waals surface area contributed by atoms with Crippen molar-refractivity contribution in [2.24, 2.45) is 0 Å². The molecule has 1 amide bonds. The highest BCUT2D eigenvalue weighted by molar-refractivity contribution is 5.97. The zero-order valence-electron chi connectivity index (χ0n) is 10.7. The van der Waals surface area contributed by atoms with Crippen molar-refractivity contribution in [3.05, 3.63) is 35.4 Å². The lowest BCUT2D eigenvalue weighted by Gasteiger charge is -2.24. The third-order valence-corrected chi connectivity index (χ3v) is 2.75. The number of hydrogen-bond acceptors (Lipinski definition) is 3. The van der Waals surface area contributed by atoms with Gasteiger partial charge < -0.3 is 14.7 Å². The molecule has 1 aromatic carbocycles. The molecule has 0 fully saturated rings. The molecule has 0 spiro atoms. The molecule has 0 saturated heterocycles. The second-order valence-electron chi connectivity index (χ2n) is 4.11. The quantitative estimate of drug-likeness (QED) is 0.861. The van der Waals surface area contributed by atoms with Crippen LogP contribution in [0.2, 0.25) is 0 Å². The van der Waals surface area contributed by atoms with Gasteiger partial charge in [0.2, 0.25) is 0 Å². The van der Waals surface area contributed by atoms with Crippen LogP contribution in [-0.2, 0) is 4.74 Å². The Morgan fingerprint density at radius 1 is 1.39 bits per heavy atom. The van der Waals surface area contributed by atoms with Gasteiger partial charge in [0, 0.05) is 19.7 Å². The Balaban J connectivity index is 2.89. The van der Waals surface area contributed by atoms with Crippen LogP contribution >= 0.6 is 0 Å². The molecule has 0 heterocycles. The summed E-state index contributed by atoms with van der Waals surface area (Å²) in [5, 5.41) is 8.88. The Bertz CT molecular complexity index is 444. The molecule has 18 heavy (non-hydrogen) atoms. The van der Waals surface area contributed by atoms with E-state index in [9.17, 15) is 9.59 Å². The maximum atomic E-state index is 12.1. The van der Waals surface area contributed by atoms with Gasteiger partial charge in [0.15, 0.2) is 0 Å². The minimum Gasteiger partial charge on any atom is -0.478 e. The number of carboxylic acid groups (broad SMARTS) is 1. The number of amides is 1. The fourth-order valence-corrected chi connectivity index (χ4v) is 1.54. The van der Waals surface area contributed by atoms with E-state index in [4.69, 9.17) is 9.84 Å². The second kappa shape index (κ2) is 6.16. The Kier molecular flexibility index (Phi) is 4.85. The van der Waals surface area contributed by atoms with E-state index in [1.807, 2.05) is 6.92 Å². The third-order valence-electron chi connectivity index (χ3n) is 2.75. The number of nitrogens with zero attached hydrogens (tertiary/aromatic N) is 1. The zero-order valence-corrected chi connectivity index (χ0v) is 10.7. The minimum atomic E-state index is -1.04. The molecule has 1 rings (SSSR count). The number of hydrogen-bond donors (Lipinski definition) is 1. The molecule has 1 atom stereocenters. The minimum absolute atomic E-state index is 0.0732. The molecule has 1 aromatic rings. The van der Waals surface area contributed by atoms with Gasteiger partial charge in [-0.1, -0.05) is 6.07 Å². The van der Waals surface area contributed by atoms with Crippen molar-refractivity contribution in [3.8, 4) is 0 Å². The van der Waals surface area contributed by atoms with Crippen molar-refractivity contribution < 1.29 is 19.4 Å². The maximum absolute atomic E-state index is 12.1.